The first kappa shape index (κ1) is 63.1. The summed E-state index contributed by atoms with van der Waals surface area (Å²) in [5, 5.41) is 0. The number of anilines is 15. The monoisotopic (exact) mass is 1380 g/mol. The summed E-state index contributed by atoms with van der Waals surface area (Å²) >= 11 is 0.909. The fourth-order valence-corrected chi connectivity index (χ4v) is 17.1. The molecule has 496 valence electrons. The maximum atomic E-state index is 18.3. The topological polar surface area (TPSA) is 16.2 Å². The molecule has 0 N–H and O–H groups in total. The van der Waals surface area contributed by atoms with Crippen LogP contribution in [0.1, 0.15) is 11.1 Å². The minimum absolute atomic E-state index is 0.0310. The van der Waals surface area contributed by atoms with Gasteiger partial charge in [0.25, 0.3) is 6.71 Å². The molecule has 0 unspecified atom stereocenters. The molecule has 0 radical (unpaired) electrons. The molecule has 5 nitrogen and oxygen atoms in total. The van der Waals surface area contributed by atoms with Crippen LogP contribution < -0.4 is 57.3 Å². The molecule has 0 aliphatic carbocycles. The zero-order chi connectivity index (χ0) is 70.1. The summed E-state index contributed by atoms with van der Waals surface area (Å²) in [4.78, 5) is 8.06. The highest BCUT2D eigenvalue weighted by Crippen LogP contribution is 2.56. The molecule has 18 rings (SSSR count). The third-order valence-electron chi connectivity index (χ3n) is 20.0. The molecule has 0 spiro atoms. The SMILES string of the molecule is Cc1ccccc1N1c2cc(N(c3ccccc3)c3c(F)cccc3F)cc3c2B(c2ccccc2N3c2c(F)cccc2F)c2cc3c(c(C(F)(F)F)c21)Sc1cc(N(c2ccc(-c4ccccc4)cc2)c2ccccc2-c2ccccc2)cc2c1B3c1ccccc1N2c1c(F)cccc1F. The van der Waals surface area contributed by atoms with Crippen molar-refractivity contribution in [2.75, 3.05) is 24.5 Å². The highest BCUT2D eigenvalue weighted by molar-refractivity contribution is 8.00. The molecule has 0 saturated heterocycles. The van der Waals surface area contributed by atoms with Gasteiger partial charge in [-0.1, -0.05) is 205 Å². The van der Waals surface area contributed by atoms with Gasteiger partial charge in [-0.15, -0.1) is 0 Å². The second kappa shape index (κ2) is 24.6. The van der Waals surface area contributed by atoms with Crippen LogP contribution >= 0.6 is 11.8 Å². The van der Waals surface area contributed by atoms with E-state index in [2.05, 4.69) is 0 Å². The van der Waals surface area contributed by atoms with Crippen molar-refractivity contribution < 1.29 is 39.5 Å². The van der Waals surface area contributed by atoms with Crippen LogP contribution in [0.2, 0.25) is 0 Å². The Morgan fingerprint density at radius 3 is 1.33 bits per heavy atom. The second-order valence-corrected chi connectivity index (χ2v) is 26.8. The van der Waals surface area contributed by atoms with Crippen molar-refractivity contribution in [2.45, 2.75) is 22.9 Å². The standard InChI is InChI=1S/C86H52B2F9N5S/c1-51-22-11-15-38-70(51)100-74-46-57(99(55-27-9-4-10-28-55)82-64(89)32-19-33-65(82)90)47-75-79(74)87(60-30-13-17-40-72(60)101(75)83-66(91)34-20-35-67(83)92)62-50-63-85(78(81(62)100)86(95,96)97)103-77-49-58(48-76-80(77)88(63)61-31-14-18-41-73(61)102(76)84-68(93)36-21-37-69(84)94)98(56-44-42-53(43-45-56)52-23-5-2-6-24-52)71-39-16-12-29-59(71)54-25-7-3-8-26-54/h2-50H,1H3. The van der Waals surface area contributed by atoms with Crippen LogP contribution in [0.3, 0.4) is 0 Å². The lowest BCUT2D eigenvalue weighted by atomic mass is 9.30. The Balaban J connectivity index is 0.963. The quantitative estimate of drug-likeness (QED) is 0.0941. The highest BCUT2D eigenvalue weighted by Gasteiger charge is 2.53. The lowest BCUT2D eigenvalue weighted by molar-refractivity contribution is -0.139. The molecule has 0 saturated carbocycles. The van der Waals surface area contributed by atoms with Crippen molar-refractivity contribution in [1.29, 1.82) is 0 Å². The second-order valence-electron chi connectivity index (χ2n) is 25.8. The number of hydrogen-bond donors (Lipinski definition) is 0. The van der Waals surface area contributed by atoms with Crippen molar-refractivity contribution in [3.63, 3.8) is 0 Å². The van der Waals surface area contributed by atoms with Crippen LogP contribution in [-0.4, -0.2) is 13.4 Å². The lowest BCUT2D eigenvalue weighted by Crippen LogP contribution is -2.65. The zero-order valence-corrected chi connectivity index (χ0v) is 55.3. The largest absolute Gasteiger partial charge is 0.419 e. The third-order valence-corrected chi connectivity index (χ3v) is 21.2. The number of rotatable bonds is 11. The number of fused-ring (bicyclic) bond motifs is 8. The minimum Gasteiger partial charge on any atom is -0.310 e. The normalized spacial score (nSPS) is 13.0. The van der Waals surface area contributed by atoms with Crippen molar-refractivity contribution in [1.82, 2.24) is 0 Å². The Hall–Kier alpha value is -12.1. The minimum atomic E-state index is -5.21. The third kappa shape index (κ3) is 10.1. The predicted molar refractivity (Wildman–Crippen MR) is 400 cm³/mol. The van der Waals surface area contributed by atoms with E-state index in [1.165, 1.54) is 40.1 Å². The van der Waals surface area contributed by atoms with Gasteiger partial charge in [0.15, 0.2) is 0 Å². The fraction of sp³-hybridized carbons (Fsp3) is 0.0233. The molecular weight excluding hydrogens is 1330 g/mol. The Morgan fingerprint density at radius 2 is 0.767 bits per heavy atom. The molecule has 0 aromatic heterocycles. The number of benzene rings is 14. The number of para-hydroxylation sites is 8. The van der Waals surface area contributed by atoms with Gasteiger partial charge < -0.3 is 24.5 Å². The van der Waals surface area contributed by atoms with Crippen LogP contribution in [-0.2, 0) is 6.18 Å². The summed E-state index contributed by atoms with van der Waals surface area (Å²) in [6.07, 6.45) is -5.21. The molecule has 14 aromatic carbocycles. The van der Waals surface area contributed by atoms with E-state index in [4.69, 9.17) is 0 Å². The van der Waals surface area contributed by atoms with Crippen LogP contribution in [0.15, 0.2) is 307 Å². The maximum Gasteiger partial charge on any atom is 0.419 e. The predicted octanol–water partition coefficient (Wildman–Crippen LogP) is 21.0. The van der Waals surface area contributed by atoms with Gasteiger partial charge in [0.05, 0.1) is 22.6 Å². The summed E-state index contributed by atoms with van der Waals surface area (Å²) in [7, 11) is 0. The number of halogens is 9. The molecule has 4 aliphatic heterocycles. The Kier molecular flexibility index (Phi) is 15.1. The molecule has 4 heterocycles. The highest BCUT2D eigenvalue weighted by atomic mass is 32.2. The summed E-state index contributed by atoms with van der Waals surface area (Å²) < 4.78 is 158. The molecule has 4 aliphatic rings. The van der Waals surface area contributed by atoms with Gasteiger partial charge in [-0.05, 0) is 166 Å². The van der Waals surface area contributed by atoms with Gasteiger partial charge in [0.2, 0.25) is 6.71 Å². The van der Waals surface area contributed by atoms with E-state index in [-0.39, 0.29) is 49.9 Å². The average molecular weight is 1380 g/mol. The van der Waals surface area contributed by atoms with E-state index >= 15 is 39.5 Å². The van der Waals surface area contributed by atoms with Crippen molar-refractivity contribution >= 4 is 143 Å². The molecule has 14 aromatic rings. The molecule has 17 heteroatoms. The first-order valence-corrected chi connectivity index (χ1v) is 34.2. The first-order valence-electron chi connectivity index (χ1n) is 33.4. The summed E-state index contributed by atoms with van der Waals surface area (Å²) in [5.41, 5.74) is 6.84. The Labute approximate surface area is 592 Å². The van der Waals surface area contributed by atoms with Crippen molar-refractivity contribution in [2.24, 2.45) is 0 Å². The summed E-state index contributed by atoms with van der Waals surface area (Å²) in [6, 6.07) is 83.9. The Bertz CT molecular complexity index is 5710. The van der Waals surface area contributed by atoms with Gasteiger partial charge in [-0.3, -0.25) is 0 Å². The number of hydrogen-bond acceptors (Lipinski definition) is 6. The maximum absolute atomic E-state index is 18.3. The van der Waals surface area contributed by atoms with Gasteiger partial charge in [0.1, 0.15) is 52.0 Å². The summed E-state index contributed by atoms with van der Waals surface area (Å²) in [6.45, 7) is -0.452. The van der Waals surface area contributed by atoms with Crippen molar-refractivity contribution in [3.8, 4) is 22.3 Å². The van der Waals surface area contributed by atoms with Crippen LogP contribution in [0.4, 0.5) is 125 Å². The number of nitrogens with zero attached hydrogens (tertiary/aromatic N) is 5. The van der Waals surface area contributed by atoms with Crippen LogP contribution in [0.5, 0.6) is 0 Å². The van der Waals surface area contributed by atoms with Crippen LogP contribution in [0.25, 0.3) is 22.3 Å². The lowest BCUT2D eigenvalue weighted by Gasteiger charge is -2.47. The van der Waals surface area contributed by atoms with E-state index in [9.17, 15) is 0 Å². The average Bonchev–Trinajstić information content (AvgIpc) is 0.677. The molecule has 0 amide bonds. The summed E-state index contributed by atoms with van der Waals surface area (Å²) in [5.74, 6) is -5.64. The smallest absolute Gasteiger partial charge is 0.310 e. The zero-order valence-electron chi connectivity index (χ0n) is 54.5. The van der Waals surface area contributed by atoms with Gasteiger partial charge in [-0.2, -0.15) is 13.2 Å². The first-order chi connectivity index (χ1) is 50.2. The number of alkyl halides is 3. The van der Waals surface area contributed by atoms with Gasteiger partial charge in [-0.25, -0.2) is 26.3 Å². The molecule has 0 atom stereocenters. The number of aryl methyl sites for hydroxylation is 1. The van der Waals surface area contributed by atoms with E-state index < -0.39 is 77.1 Å². The molecule has 0 fully saturated rings. The molecular formula is C86H52B2F9N5S. The van der Waals surface area contributed by atoms with E-state index in [1.807, 2.05) is 132 Å². The van der Waals surface area contributed by atoms with E-state index in [1.54, 1.807) is 132 Å². The molecule has 103 heavy (non-hydrogen) atoms. The van der Waals surface area contributed by atoms with Crippen molar-refractivity contribution in [3.05, 3.63) is 343 Å². The fourth-order valence-electron chi connectivity index (χ4n) is 15.8. The van der Waals surface area contributed by atoms with Gasteiger partial charge in [0, 0.05) is 66.5 Å². The van der Waals surface area contributed by atoms with E-state index in [0.717, 1.165) is 58.3 Å². The van der Waals surface area contributed by atoms with Gasteiger partial charge >= 0.3 is 6.18 Å². The van der Waals surface area contributed by atoms with Crippen LogP contribution in [0, 0.1) is 41.8 Å². The Morgan fingerprint density at radius 1 is 0.330 bits per heavy atom. The van der Waals surface area contributed by atoms with E-state index in [0.29, 0.717) is 66.4 Å². The molecule has 0 bridgehead atoms.